The lowest BCUT2D eigenvalue weighted by atomic mass is 9.85. The summed E-state index contributed by atoms with van der Waals surface area (Å²) in [6, 6.07) is 23.7. The first-order valence-corrected chi connectivity index (χ1v) is 12.3. The fourth-order valence-electron chi connectivity index (χ4n) is 5.53. The van der Waals surface area contributed by atoms with Gasteiger partial charge in [0.25, 0.3) is 0 Å². The number of hydrogen-bond donors (Lipinski definition) is 0. The summed E-state index contributed by atoms with van der Waals surface area (Å²) in [6.07, 6.45) is 8.64. The van der Waals surface area contributed by atoms with Gasteiger partial charge in [0.05, 0.1) is 5.92 Å². The van der Waals surface area contributed by atoms with Gasteiger partial charge >= 0.3 is 5.97 Å². The van der Waals surface area contributed by atoms with Crippen LogP contribution in [0.15, 0.2) is 66.7 Å². The lowest BCUT2D eigenvalue weighted by Crippen LogP contribution is -2.22. The molecule has 0 radical (unpaired) electrons. The largest absolute Gasteiger partial charge is 0.462 e. The van der Waals surface area contributed by atoms with E-state index >= 15 is 0 Å². The van der Waals surface area contributed by atoms with Crippen LogP contribution in [0.4, 0.5) is 0 Å². The van der Waals surface area contributed by atoms with Crippen molar-refractivity contribution in [3.8, 4) is 0 Å². The van der Waals surface area contributed by atoms with Crippen LogP contribution in [0.2, 0.25) is 0 Å². The molecule has 1 saturated carbocycles. The molecule has 1 aliphatic rings. The van der Waals surface area contributed by atoms with Crippen molar-refractivity contribution in [2.24, 2.45) is 0 Å². The summed E-state index contributed by atoms with van der Waals surface area (Å²) < 4.78 is 6.07. The molecule has 1 fully saturated rings. The van der Waals surface area contributed by atoms with Crippen LogP contribution in [0.5, 0.6) is 0 Å². The maximum atomic E-state index is 13.5. The van der Waals surface area contributed by atoms with Gasteiger partial charge in [0.15, 0.2) is 0 Å². The van der Waals surface area contributed by atoms with Gasteiger partial charge < -0.3 is 4.74 Å². The maximum absolute atomic E-state index is 13.5. The zero-order chi connectivity index (χ0) is 21.9. The predicted molar refractivity (Wildman–Crippen MR) is 134 cm³/mol. The van der Waals surface area contributed by atoms with Crippen molar-refractivity contribution in [1.82, 2.24) is 0 Å². The second-order valence-electron chi connectivity index (χ2n) is 9.25. The highest BCUT2D eigenvalue weighted by Gasteiger charge is 2.28. The molecule has 32 heavy (non-hydrogen) atoms. The number of carbonyl (C=O) groups excluding carboxylic acids is 1. The minimum Gasteiger partial charge on any atom is -0.462 e. The molecule has 1 unspecified atom stereocenters. The number of unbranched alkanes of at least 4 members (excludes halogenated alkanes) is 2. The van der Waals surface area contributed by atoms with Crippen LogP contribution >= 0.6 is 0 Å². The molecule has 0 aromatic heterocycles. The average Bonchev–Trinajstić information content (AvgIpc) is 3.35. The molecule has 0 amide bonds. The van der Waals surface area contributed by atoms with Crippen molar-refractivity contribution in [3.63, 3.8) is 0 Å². The number of hydrogen-bond acceptors (Lipinski definition) is 2. The monoisotopic (exact) mass is 424 g/mol. The Morgan fingerprint density at radius 3 is 2.00 bits per heavy atom. The highest BCUT2D eigenvalue weighted by molar-refractivity contribution is 6.26. The topological polar surface area (TPSA) is 26.3 Å². The van der Waals surface area contributed by atoms with E-state index in [1.807, 2.05) is 0 Å². The summed E-state index contributed by atoms with van der Waals surface area (Å²) in [6.45, 7) is 2.21. The highest BCUT2D eigenvalue weighted by Crippen LogP contribution is 2.40. The second-order valence-corrected chi connectivity index (χ2v) is 9.25. The lowest BCUT2D eigenvalue weighted by Gasteiger charge is -2.22. The zero-order valence-electron chi connectivity index (χ0n) is 19.0. The SMILES string of the molecule is CCCCCC(C(=O)OC1CCCC1)c1cccc2c3ccccc3c3ccccc3c12. The van der Waals surface area contributed by atoms with Gasteiger partial charge in [-0.2, -0.15) is 0 Å². The molecule has 0 saturated heterocycles. The van der Waals surface area contributed by atoms with Crippen molar-refractivity contribution in [2.45, 2.75) is 70.3 Å². The predicted octanol–water partition coefficient (Wildman–Crippen LogP) is 8.30. The van der Waals surface area contributed by atoms with Gasteiger partial charge in [0, 0.05) is 0 Å². The van der Waals surface area contributed by atoms with Gasteiger partial charge in [-0.15, -0.1) is 0 Å². The van der Waals surface area contributed by atoms with E-state index < -0.39 is 0 Å². The van der Waals surface area contributed by atoms with Crippen LogP contribution in [0.3, 0.4) is 0 Å². The first-order valence-electron chi connectivity index (χ1n) is 12.3. The van der Waals surface area contributed by atoms with E-state index in [0.717, 1.165) is 44.1 Å². The summed E-state index contributed by atoms with van der Waals surface area (Å²) in [5, 5.41) is 7.44. The zero-order valence-corrected chi connectivity index (χ0v) is 19.0. The minimum absolute atomic E-state index is 0.0299. The van der Waals surface area contributed by atoms with E-state index in [1.54, 1.807) is 0 Å². The Morgan fingerprint density at radius 2 is 1.38 bits per heavy atom. The van der Waals surface area contributed by atoms with Crippen molar-refractivity contribution in [2.75, 3.05) is 0 Å². The summed E-state index contributed by atoms with van der Waals surface area (Å²) >= 11 is 0. The van der Waals surface area contributed by atoms with E-state index in [-0.39, 0.29) is 18.0 Å². The molecule has 1 atom stereocenters. The summed E-state index contributed by atoms with van der Waals surface area (Å²) in [4.78, 5) is 13.5. The van der Waals surface area contributed by atoms with Crippen LogP contribution in [-0.2, 0) is 9.53 Å². The summed E-state index contributed by atoms with van der Waals surface area (Å²) in [5.74, 6) is -0.242. The molecule has 0 heterocycles. The maximum Gasteiger partial charge on any atom is 0.313 e. The number of ether oxygens (including phenoxy) is 1. The number of fused-ring (bicyclic) bond motifs is 6. The Hall–Kier alpha value is -2.87. The Morgan fingerprint density at radius 1 is 0.812 bits per heavy atom. The van der Waals surface area contributed by atoms with Crippen LogP contribution in [-0.4, -0.2) is 12.1 Å². The van der Waals surface area contributed by atoms with E-state index in [0.29, 0.717) is 0 Å². The number of rotatable bonds is 7. The molecule has 0 spiro atoms. The van der Waals surface area contributed by atoms with Crippen LogP contribution < -0.4 is 0 Å². The van der Waals surface area contributed by atoms with Crippen molar-refractivity contribution >= 4 is 38.3 Å². The van der Waals surface area contributed by atoms with Crippen molar-refractivity contribution < 1.29 is 9.53 Å². The van der Waals surface area contributed by atoms with E-state index in [4.69, 9.17) is 4.74 Å². The smallest absolute Gasteiger partial charge is 0.313 e. The Kier molecular flexibility index (Phi) is 6.12. The number of benzene rings is 4. The van der Waals surface area contributed by atoms with Gasteiger partial charge in [-0.1, -0.05) is 92.9 Å². The fraction of sp³-hybridized carbons (Fsp3) is 0.367. The Balaban J connectivity index is 1.70. The molecule has 0 N–H and O–H groups in total. The molecule has 164 valence electrons. The van der Waals surface area contributed by atoms with Gasteiger partial charge in [0.1, 0.15) is 6.10 Å². The molecule has 1 aliphatic carbocycles. The first kappa shape index (κ1) is 21.0. The summed E-state index contributed by atoms with van der Waals surface area (Å²) in [5.41, 5.74) is 1.13. The van der Waals surface area contributed by atoms with E-state index in [9.17, 15) is 4.79 Å². The first-order chi connectivity index (χ1) is 15.8. The highest BCUT2D eigenvalue weighted by atomic mass is 16.5. The molecule has 4 aromatic rings. The van der Waals surface area contributed by atoms with Gasteiger partial charge in [-0.05, 0) is 70.0 Å². The van der Waals surface area contributed by atoms with E-state index in [2.05, 4.69) is 73.7 Å². The molecule has 0 aliphatic heterocycles. The van der Waals surface area contributed by atoms with Crippen LogP contribution in [0.25, 0.3) is 32.3 Å². The van der Waals surface area contributed by atoms with E-state index in [1.165, 1.54) is 45.2 Å². The number of carbonyl (C=O) groups is 1. The van der Waals surface area contributed by atoms with Gasteiger partial charge in [-0.3, -0.25) is 4.79 Å². The molecular weight excluding hydrogens is 392 g/mol. The van der Waals surface area contributed by atoms with Crippen LogP contribution in [0, 0.1) is 0 Å². The quantitative estimate of drug-likeness (QED) is 0.169. The molecule has 5 rings (SSSR count). The minimum atomic E-state index is -0.213. The normalized spacial score (nSPS) is 15.5. The third kappa shape index (κ3) is 3.88. The van der Waals surface area contributed by atoms with Crippen LogP contribution in [0.1, 0.15) is 69.8 Å². The standard InChI is InChI=1S/C30H32O2/c1-2-3-4-18-28(30(31)32-21-12-5-6-13-21)27-20-11-19-26-24-15-8-7-14-22(24)23-16-9-10-17-25(23)29(26)27/h7-11,14-17,19-21,28H,2-6,12-13,18H2,1H3. The number of esters is 1. The Bertz CT molecular complexity index is 1200. The Labute approximate surface area is 190 Å². The van der Waals surface area contributed by atoms with Crippen molar-refractivity contribution in [3.05, 3.63) is 72.3 Å². The third-order valence-electron chi connectivity index (χ3n) is 7.14. The summed E-state index contributed by atoms with van der Waals surface area (Å²) in [7, 11) is 0. The van der Waals surface area contributed by atoms with Crippen molar-refractivity contribution in [1.29, 1.82) is 0 Å². The van der Waals surface area contributed by atoms with Gasteiger partial charge in [0.2, 0.25) is 0 Å². The molecule has 4 aromatic carbocycles. The molecule has 0 bridgehead atoms. The lowest BCUT2D eigenvalue weighted by molar-refractivity contribution is -0.150. The fourth-order valence-corrected chi connectivity index (χ4v) is 5.53. The molecular formula is C30H32O2. The second kappa shape index (κ2) is 9.32. The molecule has 2 heteroatoms. The van der Waals surface area contributed by atoms with Gasteiger partial charge in [-0.25, -0.2) is 0 Å². The average molecular weight is 425 g/mol. The molecule has 2 nitrogen and oxygen atoms in total. The third-order valence-corrected chi connectivity index (χ3v) is 7.14.